The van der Waals surface area contributed by atoms with Gasteiger partial charge in [0.2, 0.25) is 0 Å². The highest BCUT2D eigenvalue weighted by atomic mass is 14.9. The van der Waals surface area contributed by atoms with E-state index in [-0.39, 0.29) is 0 Å². The lowest BCUT2D eigenvalue weighted by Crippen LogP contribution is -2.19. The Balaban J connectivity index is 2.01. The normalized spacial score (nSPS) is 20.3. The largest absolute Gasteiger partial charge is 0.310 e. The summed E-state index contributed by atoms with van der Waals surface area (Å²) in [7, 11) is 2.07. The molecule has 0 radical (unpaired) electrons. The van der Waals surface area contributed by atoms with Gasteiger partial charge in [-0.05, 0) is 50.4 Å². The number of para-hydroxylation sites is 1. The molecule has 1 aliphatic carbocycles. The maximum atomic E-state index is 4.49. The zero-order valence-corrected chi connectivity index (χ0v) is 12.8. The Hall–Kier alpha value is -1.67. The Bertz CT molecular complexity index is 625. The molecule has 1 aliphatic rings. The van der Waals surface area contributed by atoms with E-state index in [4.69, 9.17) is 0 Å². The Morgan fingerprint density at radius 1 is 1.05 bits per heavy atom. The van der Waals surface area contributed by atoms with Crippen LogP contribution in [0, 0.1) is 0 Å². The van der Waals surface area contributed by atoms with Crippen molar-refractivity contribution < 1.29 is 0 Å². The summed E-state index contributed by atoms with van der Waals surface area (Å²) in [5.74, 6) is 0. The Labute approximate surface area is 127 Å². The number of pyridine rings is 1. The molecular formula is C19H24N2. The maximum Gasteiger partial charge on any atom is 0.0705 e. The molecule has 3 rings (SSSR count). The molecule has 1 aromatic carbocycles. The Morgan fingerprint density at radius 3 is 2.81 bits per heavy atom. The molecule has 110 valence electrons. The van der Waals surface area contributed by atoms with Gasteiger partial charge in [-0.3, -0.25) is 4.98 Å². The van der Waals surface area contributed by atoms with Crippen LogP contribution < -0.4 is 5.32 Å². The van der Waals surface area contributed by atoms with Crippen LogP contribution in [0.5, 0.6) is 0 Å². The first kappa shape index (κ1) is 14.3. The highest BCUT2D eigenvalue weighted by molar-refractivity contribution is 5.82. The number of nitrogens with zero attached hydrogens (tertiary/aromatic N) is 1. The summed E-state index contributed by atoms with van der Waals surface area (Å²) in [4.78, 5) is 4.49. The van der Waals surface area contributed by atoms with Crippen molar-refractivity contribution in [2.45, 2.75) is 44.6 Å². The van der Waals surface area contributed by atoms with E-state index in [1.54, 1.807) is 5.57 Å². The Morgan fingerprint density at radius 2 is 1.90 bits per heavy atom. The molecule has 1 aromatic heterocycles. The first-order valence-corrected chi connectivity index (χ1v) is 8.10. The topological polar surface area (TPSA) is 24.9 Å². The standard InChI is InChI=1S/C19H24N2/c1-20-19(15-9-5-3-2-4-6-10-15)17-13-14-21-18-12-8-7-11-16(17)18/h7-9,11-14,19-20H,2-6,10H2,1H3/b15-9+. The van der Waals surface area contributed by atoms with Crippen molar-refractivity contribution in [3.63, 3.8) is 0 Å². The molecule has 0 saturated heterocycles. The van der Waals surface area contributed by atoms with Crippen molar-refractivity contribution in [1.82, 2.24) is 10.3 Å². The molecule has 2 aromatic rings. The van der Waals surface area contributed by atoms with E-state index in [1.807, 2.05) is 6.20 Å². The van der Waals surface area contributed by atoms with E-state index in [0.29, 0.717) is 6.04 Å². The van der Waals surface area contributed by atoms with Crippen molar-refractivity contribution in [2.24, 2.45) is 0 Å². The second-order valence-electron chi connectivity index (χ2n) is 5.87. The monoisotopic (exact) mass is 280 g/mol. The molecular weight excluding hydrogens is 256 g/mol. The van der Waals surface area contributed by atoms with Crippen LogP contribution in [0.2, 0.25) is 0 Å². The number of nitrogens with one attached hydrogen (secondary N) is 1. The van der Waals surface area contributed by atoms with Crippen LogP contribution in [0.4, 0.5) is 0 Å². The Kier molecular flexibility index (Phi) is 4.66. The molecule has 1 unspecified atom stereocenters. The van der Waals surface area contributed by atoms with Gasteiger partial charge in [-0.25, -0.2) is 0 Å². The average Bonchev–Trinajstić information content (AvgIpc) is 2.50. The van der Waals surface area contributed by atoms with Gasteiger partial charge < -0.3 is 5.32 Å². The lowest BCUT2D eigenvalue weighted by atomic mass is 9.89. The van der Waals surface area contributed by atoms with Gasteiger partial charge in [-0.2, -0.15) is 0 Å². The summed E-state index contributed by atoms with van der Waals surface area (Å²) >= 11 is 0. The fraction of sp³-hybridized carbons (Fsp3) is 0.421. The van der Waals surface area contributed by atoms with E-state index in [1.165, 1.54) is 49.5 Å². The SMILES string of the molecule is CNC(/C1=C/CCCCCC1)c1ccnc2ccccc12. The van der Waals surface area contributed by atoms with Crippen LogP contribution in [-0.4, -0.2) is 12.0 Å². The van der Waals surface area contributed by atoms with Gasteiger partial charge in [0, 0.05) is 11.6 Å². The van der Waals surface area contributed by atoms with Crippen LogP contribution in [0.25, 0.3) is 10.9 Å². The number of hydrogen-bond acceptors (Lipinski definition) is 2. The highest BCUT2D eigenvalue weighted by Gasteiger charge is 2.17. The smallest absolute Gasteiger partial charge is 0.0705 e. The zero-order chi connectivity index (χ0) is 14.5. The number of hydrogen-bond donors (Lipinski definition) is 1. The molecule has 1 N–H and O–H groups in total. The van der Waals surface area contributed by atoms with Crippen LogP contribution in [0.3, 0.4) is 0 Å². The van der Waals surface area contributed by atoms with E-state index in [0.717, 1.165) is 5.52 Å². The van der Waals surface area contributed by atoms with Crippen LogP contribution >= 0.6 is 0 Å². The van der Waals surface area contributed by atoms with Crippen molar-refractivity contribution >= 4 is 10.9 Å². The minimum atomic E-state index is 0.316. The summed E-state index contributed by atoms with van der Waals surface area (Å²) in [5, 5.41) is 4.80. The number of aromatic nitrogens is 1. The summed E-state index contributed by atoms with van der Waals surface area (Å²) in [6.07, 6.45) is 12.2. The summed E-state index contributed by atoms with van der Waals surface area (Å²) in [6, 6.07) is 10.9. The first-order chi connectivity index (χ1) is 10.4. The quantitative estimate of drug-likeness (QED) is 0.819. The molecule has 0 amide bonds. The fourth-order valence-corrected chi connectivity index (χ4v) is 3.39. The number of fused-ring (bicyclic) bond motifs is 1. The lowest BCUT2D eigenvalue weighted by Gasteiger charge is -2.23. The van der Waals surface area contributed by atoms with Crippen LogP contribution in [0.1, 0.15) is 50.1 Å². The molecule has 1 heterocycles. The van der Waals surface area contributed by atoms with Gasteiger partial charge >= 0.3 is 0 Å². The highest BCUT2D eigenvalue weighted by Crippen LogP contribution is 2.32. The minimum Gasteiger partial charge on any atom is -0.310 e. The molecule has 21 heavy (non-hydrogen) atoms. The van der Waals surface area contributed by atoms with Crippen molar-refractivity contribution in [3.05, 3.63) is 53.7 Å². The fourth-order valence-electron chi connectivity index (χ4n) is 3.39. The number of rotatable bonds is 3. The maximum absolute atomic E-state index is 4.49. The molecule has 0 bridgehead atoms. The average molecular weight is 280 g/mol. The second-order valence-corrected chi connectivity index (χ2v) is 5.87. The van der Waals surface area contributed by atoms with Gasteiger partial charge in [0.1, 0.15) is 0 Å². The third-order valence-electron chi connectivity index (χ3n) is 4.48. The number of benzene rings is 1. The van der Waals surface area contributed by atoms with Gasteiger partial charge in [0.25, 0.3) is 0 Å². The van der Waals surface area contributed by atoms with Gasteiger partial charge in [0.15, 0.2) is 0 Å². The molecule has 2 nitrogen and oxygen atoms in total. The molecule has 1 atom stereocenters. The number of likely N-dealkylation sites (N-methyl/N-ethyl adjacent to an activating group) is 1. The van der Waals surface area contributed by atoms with E-state index in [9.17, 15) is 0 Å². The van der Waals surface area contributed by atoms with Crippen molar-refractivity contribution in [3.8, 4) is 0 Å². The zero-order valence-electron chi connectivity index (χ0n) is 12.8. The summed E-state index contributed by atoms with van der Waals surface area (Å²) < 4.78 is 0. The van der Waals surface area contributed by atoms with E-state index >= 15 is 0 Å². The van der Waals surface area contributed by atoms with Gasteiger partial charge in [-0.1, -0.05) is 42.7 Å². The molecule has 0 saturated carbocycles. The van der Waals surface area contributed by atoms with Crippen LogP contribution in [-0.2, 0) is 0 Å². The van der Waals surface area contributed by atoms with Gasteiger partial charge in [-0.15, -0.1) is 0 Å². The summed E-state index contributed by atoms with van der Waals surface area (Å²) in [5.41, 5.74) is 3.99. The van der Waals surface area contributed by atoms with E-state index in [2.05, 4.69) is 53.8 Å². The third kappa shape index (κ3) is 3.16. The molecule has 2 heteroatoms. The van der Waals surface area contributed by atoms with Crippen molar-refractivity contribution in [1.29, 1.82) is 0 Å². The predicted octanol–water partition coefficient (Wildman–Crippen LogP) is 4.78. The predicted molar refractivity (Wildman–Crippen MR) is 89.3 cm³/mol. The van der Waals surface area contributed by atoms with Gasteiger partial charge in [0.05, 0.1) is 11.6 Å². The van der Waals surface area contributed by atoms with E-state index < -0.39 is 0 Å². The lowest BCUT2D eigenvalue weighted by molar-refractivity contribution is 0.575. The summed E-state index contributed by atoms with van der Waals surface area (Å²) in [6.45, 7) is 0. The van der Waals surface area contributed by atoms with Crippen LogP contribution in [0.15, 0.2) is 48.2 Å². The second kappa shape index (κ2) is 6.86. The molecule has 0 spiro atoms. The molecule has 0 fully saturated rings. The minimum absolute atomic E-state index is 0.316. The first-order valence-electron chi connectivity index (χ1n) is 8.10. The third-order valence-corrected chi connectivity index (χ3v) is 4.48. The number of allylic oxidation sites excluding steroid dienone is 1. The molecule has 0 aliphatic heterocycles. The van der Waals surface area contributed by atoms with Crippen molar-refractivity contribution in [2.75, 3.05) is 7.05 Å².